The number of nitriles is 1. The number of carbonyl (C=O) groups is 1. The van der Waals surface area contributed by atoms with Gasteiger partial charge in [-0.3, -0.25) is 4.90 Å². The van der Waals surface area contributed by atoms with Crippen molar-refractivity contribution in [3.8, 4) is 6.07 Å². The molecule has 0 aliphatic carbocycles. The van der Waals surface area contributed by atoms with Crippen LogP contribution in [0.25, 0.3) is 0 Å². The Balaban J connectivity index is 2.32. The van der Waals surface area contributed by atoms with Gasteiger partial charge in [-0.15, -0.1) is 0 Å². The molecule has 1 saturated heterocycles. The van der Waals surface area contributed by atoms with Crippen molar-refractivity contribution in [1.29, 1.82) is 5.26 Å². The second kappa shape index (κ2) is 4.03. The summed E-state index contributed by atoms with van der Waals surface area (Å²) in [6.45, 7) is 2.32. The second-order valence-electron chi connectivity index (χ2n) is 3.58. The van der Waals surface area contributed by atoms with E-state index >= 15 is 0 Å². The summed E-state index contributed by atoms with van der Waals surface area (Å²) in [6.07, 6.45) is -0.504. The van der Waals surface area contributed by atoms with E-state index in [2.05, 4.69) is 0 Å². The van der Waals surface area contributed by atoms with Crippen molar-refractivity contribution in [2.24, 2.45) is 0 Å². The quantitative estimate of drug-likeness (QED) is 0.753. The first-order valence-corrected chi connectivity index (χ1v) is 5.17. The monoisotopic (exact) mass is 236 g/mol. The van der Waals surface area contributed by atoms with Crippen LogP contribution in [0, 0.1) is 11.3 Å². The van der Waals surface area contributed by atoms with Crippen LogP contribution in [0.15, 0.2) is 18.2 Å². The summed E-state index contributed by atoms with van der Waals surface area (Å²) in [5, 5.41) is 9.07. The van der Waals surface area contributed by atoms with Crippen LogP contribution in [-0.2, 0) is 4.74 Å². The lowest BCUT2D eigenvalue weighted by Crippen LogP contribution is -2.23. The van der Waals surface area contributed by atoms with Crippen molar-refractivity contribution >= 4 is 23.4 Å². The molecular formula is C11H9ClN2O2. The number of nitrogens with zero attached hydrogens (tertiary/aromatic N) is 2. The number of hydrogen-bond donors (Lipinski definition) is 0. The van der Waals surface area contributed by atoms with Gasteiger partial charge in [0.2, 0.25) is 0 Å². The zero-order valence-corrected chi connectivity index (χ0v) is 9.36. The molecule has 5 heteroatoms. The van der Waals surface area contributed by atoms with E-state index in [9.17, 15) is 4.79 Å². The van der Waals surface area contributed by atoms with Crippen molar-refractivity contribution in [3.63, 3.8) is 0 Å². The SMILES string of the molecule is CC1CN(c2ccc(C#N)c(Cl)c2)C(=O)O1. The normalized spacial score (nSPS) is 19.4. The summed E-state index contributed by atoms with van der Waals surface area (Å²) in [7, 11) is 0. The Morgan fingerprint density at radius 2 is 2.38 bits per heavy atom. The van der Waals surface area contributed by atoms with E-state index in [1.807, 2.05) is 13.0 Å². The topological polar surface area (TPSA) is 53.3 Å². The van der Waals surface area contributed by atoms with E-state index in [4.69, 9.17) is 21.6 Å². The van der Waals surface area contributed by atoms with Crippen LogP contribution in [0.2, 0.25) is 5.02 Å². The number of rotatable bonds is 1. The van der Waals surface area contributed by atoms with Crippen molar-refractivity contribution in [2.45, 2.75) is 13.0 Å². The maximum absolute atomic E-state index is 11.4. The largest absolute Gasteiger partial charge is 0.444 e. The van der Waals surface area contributed by atoms with E-state index in [0.717, 1.165) is 0 Å². The highest BCUT2D eigenvalue weighted by Gasteiger charge is 2.29. The minimum atomic E-state index is -0.381. The van der Waals surface area contributed by atoms with Crippen LogP contribution >= 0.6 is 11.6 Å². The Labute approximate surface area is 98.0 Å². The molecule has 82 valence electrons. The molecule has 1 fully saturated rings. The molecule has 0 N–H and O–H groups in total. The van der Waals surface area contributed by atoms with Gasteiger partial charge in [-0.05, 0) is 25.1 Å². The summed E-state index contributed by atoms with van der Waals surface area (Å²) < 4.78 is 5.00. The molecule has 0 spiro atoms. The highest BCUT2D eigenvalue weighted by molar-refractivity contribution is 6.32. The number of hydrogen-bond acceptors (Lipinski definition) is 3. The predicted octanol–water partition coefficient (Wildman–Crippen LogP) is 2.56. The summed E-state index contributed by atoms with van der Waals surface area (Å²) in [6, 6.07) is 6.84. The molecule has 0 aromatic heterocycles. The van der Waals surface area contributed by atoms with Gasteiger partial charge < -0.3 is 4.74 Å². The molecule has 1 aromatic carbocycles. The molecular weight excluding hydrogens is 228 g/mol. The summed E-state index contributed by atoms with van der Waals surface area (Å²) in [5.41, 5.74) is 1.05. The highest BCUT2D eigenvalue weighted by Crippen LogP contribution is 2.26. The Morgan fingerprint density at radius 3 is 2.88 bits per heavy atom. The minimum absolute atomic E-state index is 0.123. The Kier molecular flexibility index (Phi) is 2.71. The van der Waals surface area contributed by atoms with Crippen molar-refractivity contribution in [3.05, 3.63) is 28.8 Å². The van der Waals surface area contributed by atoms with Crippen LogP contribution in [0.5, 0.6) is 0 Å². The van der Waals surface area contributed by atoms with E-state index < -0.39 is 0 Å². The number of amides is 1. The first kappa shape index (κ1) is 10.8. The van der Waals surface area contributed by atoms with Crippen molar-refractivity contribution in [2.75, 3.05) is 11.4 Å². The minimum Gasteiger partial charge on any atom is -0.444 e. The van der Waals surface area contributed by atoms with Crippen LogP contribution in [-0.4, -0.2) is 18.7 Å². The number of cyclic esters (lactones) is 1. The molecule has 2 rings (SSSR count). The van der Waals surface area contributed by atoms with Crippen LogP contribution in [0.3, 0.4) is 0 Å². The van der Waals surface area contributed by atoms with Crippen LogP contribution < -0.4 is 4.90 Å². The van der Waals surface area contributed by atoms with Gasteiger partial charge in [-0.25, -0.2) is 4.79 Å². The lowest BCUT2D eigenvalue weighted by molar-refractivity contribution is 0.150. The van der Waals surface area contributed by atoms with Gasteiger partial charge in [0, 0.05) is 5.69 Å². The van der Waals surface area contributed by atoms with E-state index in [-0.39, 0.29) is 12.2 Å². The lowest BCUT2D eigenvalue weighted by Gasteiger charge is -2.13. The molecule has 0 saturated carbocycles. The smallest absolute Gasteiger partial charge is 0.414 e. The van der Waals surface area contributed by atoms with E-state index in [1.54, 1.807) is 18.2 Å². The number of carbonyl (C=O) groups excluding carboxylic acids is 1. The molecule has 1 amide bonds. The molecule has 1 atom stereocenters. The average Bonchev–Trinajstić information content (AvgIpc) is 2.58. The summed E-state index contributed by atoms with van der Waals surface area (Å²) in [5.74, 6) is 0. The predicted molar refractivity (Wildman–Crippen MR) is 59.5 cm³/mol. The summed E-state index contributed by atoms with van der Waals surface area (Å²) >= 11 is 5.89. The van der Waals surface area contributed by atoms with Gasteiger partial charge in [-0.1, -0.05) is 11.6 Å². The highest BCUT2D eigenvalue weighted by atomic mass is 35.5. The van der Waals surface area contributed by atoms with Crippen molar-refractivity contribution in [1.82, 2.24) is 0 Å². The van der Waals surface area contributed by atoms with Gasteiger partial charge in [-0.2, -0.15) is 5.26 Å². The lowest BCUT2D eigenvalue weighted by atomic mass is 10.2. The molecule has 4 nitrogen and oxygen atoms in total. The average molecular weight is 237 g/mol. The van der Waals surface area contributed by atoms with Gasteiger partial charge in [0.05, 0.1) is 17.1 Å². The van der Waals surface area contributed by atoms with Crippen molar-refractivity contribution < 1.29 is 9.53 Å². The Morgan fingerprint density at radius 1 is 1.62 bits per heavy atom. The molecule has 1 unspecified atom stereocenters. The van der Waals surface area contributed by atoms with E-state index in [0.29, 0.717) is 22.8 Å². The van der Waals surface area contributed by atoms with Gasteiger partial charge in [0.15, 0.2) is 0 Å². The fourth-order valence-electron chi connectivity index (χ4n) is 1.58. The third-order valence-electron chi connectivity index (χ3n) is 2.35. The maximum atomic E-state index is 11.4. The zero-order chi connectivity index (χ0) is 11.7. The third kappa shape index (κ3) is 1.82. The Bertz CT molecular complexity index is 481. The van der Waals surface area contributed by atoms with Gasteiger partial charge >= 0.3 is 6.09 Å². The number of ether oxygens (including phenoxy) is 1. The molecule has 1 aliphatic heterocycles. The molecule has 0 bridgehead atoms. The molecule has 16 heavy (non-hydrogen) atoms. The first-order chi connectivity index (χ1) is 7.61. The number of halogens is 1. The molecule has 1 aromatic rings. The fraction of sp³-hybridized carbons (Fsp3) is 0.273. The van der Waals surface area contributed by atoms with Crippen LogP contribution in [0.4, 0.5) is 10.5 Å². The van der Waals surface area contributed by atoms with Crippen LogP contribution in [0.1, 0.15) is 12.5 Å². The number of benzene rings is 1. The summed E-state index contributed by atoms with van der Waals surface area (Å²) in [4.78, 5) is 12.9. The van der Waals surface area contributed by atoms with E-state index in [1.165, 1.54) is 4.90 Å². The third-order valence-corrected chi connectivity index (χ3v) is 2.66. The molecule has 1 aliphatic rings. The molecule has 1 heterocycles. The van der Waals surface area contributed by atoms with Gasteiger partial charge in [0.1, 0.15) is 12.2 Å². The standard InChI is InChI=1S/C11H9ClN2O2/c1-7-6-14(11(15)16-7)9-3-2-8(5-13)10(12)4-9/h2-4,7H,6H2,1H3. The maximum Gasteiger partial charge on any atom is 0.414 e. The van der Waals surface area contributed by atoms with Gasteiger partial charge in [0.25, 0.3) is 0 Å². The Hall–Kier alpha value is -1.73. The first-order valence-electron chi connectivity index (χ1n) is 4.79. The second-order valence-corrected chi connectivity index (χ2v) is 3.99. The zero-order valence-electron chi connectivity index (χ0n) is 8.61. The molecule has 0 radical (unpaired) electrons. The number of anilines is 1. The fourth-order valence-corrected chi connectivity index (χ4v) is 1.80.